The Balaban J connectivity index is 1.83. The lowest BCUT2D eigenvalue weighted by molar-refractivity contribution is -0.119. The third-order valence-electron chi connectivity index (χ3n) is 3.15. The van der Waals surface area contributed by atoms with Crippen LogP contribution in [-0.2, 0) is 10.5 Å². The van der Waals surface area contributed by atoms with Gasteiger partial charge in [-0.15, -0.1) is 23.1 Å². The molecule has 1 amide bonds. The molecular weight excluding hydrogens is 368 g/mol. The zero-order valence-electron chi connectivity index (χ0n) is 13.2. The number of thioether (sulfide) groups is 1. The van der Waals surface area contributed by atoms with Crippen LogP contribution in [0.5, 0.6) is 0 Å². The first-order valence-electron chi connectivity index (χ1n) is 7.19. The Morgan fingerprint density at radius 2 is 2.21 bits per heavy atom. The van der Waals surface area contributed by atoms with E-state index in [1.807, 2.05) is 24.3 Å². The molecule has 0 aliphatic rings. The Kier molecular flexibility index (Phi) is 6.65. The lowest BCUT2D eigenvalue weighted by atomic mass is 10.2. The summed E-state index contributed by atoms with van der Waals surface area (Å²) in [5.74, 6) is -0.0966. The molecule has 2 aromatic rings. The topological polar surface area (TPSA) is 79.3 Å². The van der Waals surface area contributed by atoms with E-state index in [1.165, 1.54) is 11.8 Å². The monoisotopic (exact) mass is 384 g/mol. The number of carboxylic acids is 1. The summed E-state index contributed by atoms with van der Waals surface area (Å²) < 4.78 is 0. The lowest BCUT2D eigenvalue weighted by Gasteiger charge is -2.11. The van der Waals surface area contributed by atoms with E-state index < -0.39 is 5.97 Å². The van der Waals surface area contributed by atoms with Gasteiger partial charge in [0.25, 0.3) is 0 Å². The van der Waals surface area contributed by atoms with E-state index in [9.17, 15) is 9.59 Å². The molecule has 1 unspecified atom stereocenters. The Labute approximate surface area is 153 Å². The molecular formula is C16H17ClN2O3S2. The molecule has 2 N–H and O–H groups in total. The van der Waals surface area contributed by atoms with Gasteiger partial charge in [0.15, 0.2) is 0 Å². The molecule has 0 radical (unpaired) electrons. The van der Waals surface area contributed by atoms with Gasteiger partial charge in [-0.2, -0.15) is 0 Å². The summed E-state index contributed by atoms with van der Waals surface area (Å²) in [5.41, 5.74) is 1.54. The number of aromatic carboxylic acids is 1. The molecule has 0 saturated carbocycles. The second-order valence-electron chi connectivity index (χ2n) is 5.18. The van der Waals surface area contributed by atoms with Gasteiger partial charge in [0.2, 0.25) is 5.91 Å². The second kappa shape index (κ2) is 8.50. The van der Waals surface area contributed by atoms with Crippen molar-refractivity contribution in [2.45, 2.75) is 25.6 Å². The van der Waals surface area contributed by atoms with E-state index >= 15 is 0 Å². The molecule has 0 fully saturated rings. The molecule has 0 aliphatic carbocycles. The number of nitrogens with one attached hydrogen (secondary N) is 1. The molecule has 5 nitrogen and oxygen atoms in total. The highest BCUT2D eigenvalue weighted by atomic mass is 35.5. The van der Waals surface area contributed by atoms with Crippen LogP contribution < -0.4 is 5.32 Å². The number of aromatic nitrogens is 1. The maximum atomic E-state index is 12.0. The van der Waals surface area contributed by atoms with E-state index in [-0.39, 0.29) is 16.8 Å². The van der Waals surface area contributed by atoms with Crippen LogP contribution in [0.4, 0.5) is 0 Å². The molecule has 128 valence electrons. The Hall–Kier alpha value is -1.57. The number of carbonyl (C=O) groups is 2. The molecule has 0 saturated heterocycles. The smallest absolute Gasteiger partial charge is 0.347 e. The van der Waals surface area contributed by atoms with Crippen LogP contribution in [0.1, 0.15) is 38.9 Å². The number of nitrogens with zero attached hydrogens (tertiary/aromatic N) is 1. The van der Waals surface area contributed by atoms with Crippen molar-refractivity contribution in [1.82, 2.24) is 10.3 Å². The number of thiazole rings is 1. The maximum Gasteiger partial charge on any atom is 0.347 e. The first-order chi connectivity index (χ1) is 11.4. The third-order valence-corrected chi connectivity index (χ3v) is 5.71. The van der Waals surface area contributed by atoms with Gasteiger partial charge >= 0.3 is 5.97 Å². The third kappa shape index (κ3) is 5.22. The van der Waals surface area contributed by atoms with E-state index in [0.717, 1.165) is 16.9 Å². The van der Waals surface area contributed by atoms with E-state index in [2.05, 4.69) is 10.3 Å². The highest BCUT2D eigenvalue weighted by Gasteiger charge is 2.19. The van der Waals surface area contributed by atoms with Crippen molar-refractivity contribution in [2.24, 2.45) is 0 Å². The van der Waals surface area contributed by atoms with Crippen LogP contribution >= 0.6 is 34.7 Å². The predicted octanol–water partition coefficient (Wildman–Crippen LogP) is 3.91. The maximum absolute atomic E-state index is 12.0. The number of carboxylic acid groups (broad SMARTS) is 1. The highest BCUT2D eigenvalue weighted by molar-refractivity contribution is 7.99. The van der Waals surface area contributed by atoms with Gasteiger partial charge in [-0.25, -0.2) is 9.78 Å². The summed E-state index contributed by atoms with van der Waals surface area (Å²) in [7, 11) is 0. The lowest BCUT2D eigenvalue weighted by Crippen LogP contribution is -2.28. The standard InChI is InChI=1S/C16H17ClN2O3S2/c1-9-14(16(21)22)24-15(19-9)10(2)18-13(20)8-23-7-11-4-3-5-12(17)6-11/h3-6,10H,7-8H2,1-2H3,(H,18,20)(H,21,22). The molecule has 2 rings (SSSR count). The molecule has 1 aromatic heterocycles. The zero-order valence-corrected chi connectivity index (χ0v) is 15.6. The minimum absolute atomic E-state index is 0.112. The van der Waals surface area contributed by atoms with Crippen LogP contribution in [0.2, 0.25) is 5.02 Å². The predicted molar refractivity (Wildman–Crippen MR) is 98.0 cm³/mol. The van der Waals surface area contributed by atoms with Crippen LogP contribution in [0.3, 0.4) is 0 Å². The normalized spacial score (nSPS) is 12.0. The fourth-order valence-electron chi connectivity index (χ4n) is 2.03. The van der Waals surface area contributed by atoms with Crippen LogP contribution in [0.15, 0.2) is 24.3 Å². The number of rotatable bonds is 7. The molecule has 0 spiro atoms. The number of benzene rings is 1. The van der Waals surface area contributed by atoms with Crippen molar-refractivity contribution in [2.75, 3.05) is 5.75 Å². The summed E-state index contributed by atoms with van der Waals surface area (Å²) in [5, 5.41) is 13.2. The van der Waals surface area contributed by atoms with Gasteiger partial charge < -0.3 is 10.4 Å². The van der Waals surface area contributed by atoms with Gasteiger partial charge in [0, 0.05) is 10.8 Å². The summed E-state index contributed by atoms with van der Waals surface area (Å²) in [6.07, 6.45) is 0. The Bertz CT molecular complexity index is 749. The molecule has 1 aromatic carbocycles. The first kappa shape index (κ1) is 18.8. The summed E-state index contributed by atoms with van der Waals surface area (Å²) >= 11 is 8.51. The highest BCUT2D eigenvalue weighted by Crippen LogP contribution is 2.23. The second-order valence-corrected chi connectivity index (χ2v) is 7.64. The van der Waals surface area contributed by atoms with Crippen molar-refractivity contribution >= 4 is 46.6 Å². The van der Waals surface area contributed by atoms with Crippen molar-refractivity contribution in [3.63, 3.8) is 0 Å². The largest absolute Gasteiger partial charge is 0.477 e. The fraction of sp³-hybridized carbons (Fsp3) is 0.312. The number of hydrogen-bond donors (Lipinski definition) is 2. The van der Waals surface area contributed by atoms with Gasteiger partial charge in [-0.05, 0) is 31.5 Å². The quantitative estimate of drug-likeness (QED) is 0.756. The summed E-state index contributed by atoms with van der Waals surface area (Å²) in [6.45, 7) is 3.45. The molecule has 24 heavy (non-hydrogen) atoms. The van der Waals surface area contributed by atoms with Gasteiger partial charge in [-0.3, -0.25) is 4.79 Å². The van der Waals surface area contributed by atoms with E-state index in [0.29, 0.717) is 27.2 Å². The van der Waals surface area contributed by atoms with Crippen LogP contribution in [-0.4, -0.2) is 27.7 Å². The molecule has 0 aliphatic heterocycles. The first-order valence-corrected chi connectivity index (χ1v) is 9.54. The SMILES string of the molecule is Cc1nc(C(C)NC(=O)CSCc2cccc(Cl)c2)sc1C(=O)O. The summed E-state index contributed by atoms with van der Waals surface area (Å²) in [4.78, 5) is 27.5. The molecule has 8 heteroatoms. The number of amides is 1. The van der Waals surface area contributed by atoms with Gasteiger partial charge in [-0.1, -0.05) is 23.7 Å². The molecule has 1 atom stereocenters. The Morgan fingerprint density at radius 3 is 2.83 bits per heavy atom. The van der Waals surface area contributed by atoms with Crippen molar-refractivity contribution < 1.29 is 14.7 Å². The average molecular weight is 385 g/mol. The van der Waals surface area contributed by atoms with Crippen molar-refractivity contribution in [3.05, 3.63) is 50.4 Å². The van der Waals surface area contributed by atoms with Crippen molar-refractivity contribution in [1.29, 1.82) is 0 Å². The summed E-state index contributed by atoms with van der Waals surface area (Å²) in [6, 6.07) is 7.21. The van der Waals surface area contributed by atoms with Crippen molar-refractivity contribution in [3.8, 4) is 0 Å². The zero-order chi connectivity index (χ0) is 17.7. The van der Waals surface area contributed by atoms with E-state index in [1.54, 1.807) is 13.8 Å². The Morgan fingerprint density at radius 1 is 1.46 bits per heavy atom. The van der Waals surface area contributed by atoms with Gasteiger partial charge in [0.1, 0.15) is 9.88 Å². The van der Waals surface area contributed by atoms with Crippen LogP contribution in [0, 0.1) is 6.92 Å². The number of carbonyl (C=O) groups excluding carboxylic acids is 1. The average Bonchev–Trinajstić information content (AvgIpc) is 2.89. The number of halogens is 1. The van der Waals surface area contributed by atoms with Crippen LogP contribution in [0.25, 0.3) is 0 Å². The number of aryl methyl sites for hydroxylation is 1. The number of hydrogen-bond acceptors (Lipinski definition) is 5. The van der Waals surface area contributed by atoms with E-state index in [4.69, 9.17) is 16.7 Å². The molecule has 1 heterocycles. The minimum Gasteiger partial charge on any atom is -0.477 e. The minimum atomic E-state index is -0.994. The molecule has 0 bridgehead atoms. The fourth-order valence-corrected chi connectivity index (χ4v) is 3.94. The van der Waals surface area contributed by atoms with Gasteiger partial charge in [0.05, 0.1) is 17.5 Å².